The first-order valence-electron chi connectivity index (χ1n) is 12.8. The summed E-state index contributed by atoms with van der Waals surface area (Å²) in [6.07, 6.45) is -5.01. The second kappa shape index (κ2) is 13.3. The Morgan fingerprint density at radius 3 is 2.21 bits per heavy atom. The van der Waals surface area contributed by atoms with E-state index in [0.717, 1.165) is 17.7 Å². The van der Waals surface area contributed by atoms with Crippen molar-refractivity contribution in [3.05, 3.63) is 118 Å². The molecule has 0 saturated heterocycles. The minimum atomic E-state index is -4.52. The summed E-state index contributed by atoms with van der Waals surface area (Å²) >= 11 is 5.98. The van der Waals surface area contributed by atoms with Crippen LogP contribution < -0.4 is 9.64 Å². The lowest BCUT2D eigenvalue weighted by atomic mass is 10.1. The second-order valence-electron chi connectivity index (χ2n) is 9.42. The van der Waals surface area contributed by atoms with Crippen molar-refractivity contribution in [2.75, 3.05) is 11.4 Å². The molecule has 4 rings (SSSR count). The number of anilines is 1. The highest BCUT2D eigenvalue weighted by atomic mass is 35.5. The first-order valence-corrected chi connectivity index (χ1v) is 14.0. The number of benzene rings is 4. The molecular formula is C31H26ClF6NO2S. The van der Waals surface area contributed by atoms with Gasteiger partial charge in [0.1, 0.15) is 11.5 Å². The van der Waals surface area contributed by atoms with Gasteiger partial charge in [0.2, 0.25) is 0 Å². The van der Waals surface area contributed by atoms with E-state index in [4.69, 9.17) is 16.3 Å². The molecule has 0 aliphatic carbocycles. The van der Waals surface area contributed by atoms with E-state index < -0.39 is 23.4 Å². The summed E-state index contributed by atoms with van der Waals surface area (Å²) in [4.78, 5) is 1.74. The Bertz CT molecular complexity index is 1490. The lowest BCUT2D eigenvalue weighted by Crippen LogP contribution is -2.28. The van der Waals surface area contributed by atoms with E-state index in [9.17, 15) is 31.4 Å². The Hall–Kier alpha value is -3.34. The van der Waals surface area contributed by atoms with Crippen molar-refractivity contribution >= 4 is 29.1 Å². The van der Waals surface area contributed by atoms with Gasteiger partial charge < -0.3 is 14.7 Å². The van der Waals surface area contributed by atoms with Gasteiger partial charge in [0.25, 0.3) is 0 Å². The molecule has 0 amide bonds. The van der Waals surface area contributed by atoms with Gasteiger partial charge in [-0.25, -0.2) is 0 Å². The fourth-order valence-electron chi connectivity index (χ4n) is 4.30. The standard InChI is InChI=1S/C31H26ClF6NO2S/c1-2-21-16-26(13-14-28(21)32)41-25-7-4-6-24(17-25)39(18-20-5-3-8-27(15-20)42-31(36,37)38)19-29(40)22-9-11-23(12-10-22)30(33,34)35/h3-17,29,40H,2,18-19H2,1H3. The van der Waals surface area contributed by atoms with E-state index >= 15 is 0 Å². The summed E-state index contributed by atoms with van der Waals surface area (Å²) in [6, 6.07) is 22.4. The Morgan fingerprint density at radius 1 is 0.857 bits per heavy atom. The predicted molar refractivity (Wildman–Crippen MR) is 153 cm³/mol. The van der Waals surface area contributed by atoms with E-state index in [-0.39, 0.29) is 35.3 Å². The Kier molecular flexibility index (Phi) is 10.0. The number of aliphatic hydroxyl groups is 1. The topological polar surface area (TPSA) is 32.7 Å². The average Bonchev–Trinajstić information content (AvgIpc) is 2.93. The van der Waals surface area contributed by atoms with Gasteiger partial charge in [-0.15, -0.1) is 0 Å². The Morgan fingerprint density at radius 2 is 1.55 bits per heavy atom. The number of aliphatic hydroxyl groups excluding tert-OH is 1. The lowest BCUT2D eigenvalue weighted by Gasteiger charge is -2.28. The molecule has 1 N–H and O–H groups in total. The SMILES string of the molecule is CCc1cc(Oc2cccc(N(Cc3cccc(SC(F)(F)F)c3)CC(O)c3ccc(C(F)(F)F)cc3)c2)ccc1Cl. The van der Waals surface area contributed by atoms with Crippen LogP contribution in [0.1, 0.15) is 35.3 Å². The third-order valence-corrected chi connectivity index (χ3v) is 7.43. The van der Waals surface area contributed by atoms with Crippen molar-refractivity contribution in [2.45, 2.75) is 42.6 Å². The van der Waals surface area contributed by atoms with Crippen LogP contribution in [0, 0.1) is 0 Å². The van der Waals surface area contributed by atoms with Crippen LogP contribution in [0.15, 0.2) is 95.9 Å². The quantitative estimate of drug-likeness (QED) is 0.140. The van der Waals surface area contributed by atoms with Crippen molar-refractivity contribution in [1.82, 2.24) is 0 Å². The van der Waals surface area contributed by atoms with Crippen LogP contribution in [-0.4, -0.2) is 17.2 Å². The van der Waals surface area contributed by atoms with E-state index in [1.807, 2.05) is 13.0 Å². The maximum atomic E-state index is 13.0. The molecule has 0 heterocycles. The van der Waals surface area contributed by atoms with Gasteiger partial charge in [0.05, 0.1) is 11.7 Å². The van der Waals surface area contributed by atoms with Crippen LogP contribution in [0.4, 0.5) is 32.0 Å². The Labute approximate surface area is 248 Å². The third kappa shape index (κ3) is 8.83. The Balaban J connectivity index is 1.63. The molecule has 0 aliphatic rings. The number of halogens is 7. The van der Waals surface area contributed by atoms with Gasteiger partial charge in [-0.2, -0.15) is 26.3 Å². The summed E-state index contributed by atoms with van der Waals surface area (Å²) in [7, 11) is 0. The van der Waals surface area contributed by atoms with Crippen molar-refractivity contribution in [3.63, 3.8) is 0 Å². The van der Waals surface area contributed by atoms with Gasteiger partial charge >= 0.3 is 11.7 Å². The monoisotopic (exact) mass is 625 g/mol. The lowest BCUT2D eigenvalue weighted by molar-refractivity contribution is -0.137. The van der Waals surface area contributed by atoms with Crippen LogP contribution in [0.25, 0.3) is 0 Å². The van der Waals surface area contributed by atoms with E-state index in [0.29, 0.717) is 34.2 Å². The van der Waals surface area contributed by atoms with Crippen molar-refractivity contribution in [2.24, 2.45) is 0 Å². The molecule has 0 saturated carbocycles. The highest BCUT2D eigenvalue weighted by Crippen LogP contribution is 2.38. The molecule has 1 atom stereocenters. The molecule has 0 aromatic heterocycles. The van der Waals surface area contributed by atoms with Crippen molar-refractivity contribution < 1.29 is 36.2 Å². The fraction of sp³-hybridized carbons (Fsp3) is 0.226. The number of thioether (sulfide) groups is 1. The molecule has 42 heavy (non-hydrogen) atoms. The number of rotatable bonds is 10. The first kappa shape index (κ1) is 31.6. The normalized spacial score (nSPS) is 12.7. The molecule has 4 aromatic carbocycles. The zero-order valence-corrected chi connectivity index (χ0v) is 23.8. The first-order chi connectivity index (χ1) is 19.8. The van der Waals surface area contributed by atoms with Crippen LogP contribution in [-0.2, 0) is 19.1 Å². The molecule has 0 radical (unpaired) electrons. The molecule has 0 bridgehead atoms. The number of nitrogens with zero attached hydrogens (tertiary/aromatic N) is 1. The second-order valence-corrected chi connectivity index (χ2v) is 11.0. The minimum Gasteiger partial charge on any atom is -0.457 e. The number of ether oxygens (including phenoxy) is 1. The van der Waals surface area contributed by atoms with Gasteiger partial charge in [-0.1, -0.05) is 48.9 Å². The molecule has 0 fully saturated rings. The fourth-order valence-corrected chi connectivity index (χ4v) is 5.17. The van der Waals surface area contributed by atoms with Gasteiger partial charge in [0, 0.05) is 34.8 Å². The summed E-state index contributed by atoms with van der Waals surface area (Å²) in [5, 5.41) is 11.6. The maximum absolute atomic E-state index is 13.0. The summed E-state index contributed by atoms with van der Waals surface area (Å²) in [5.74, 6) is 1.02. The minimum absolute atomic E-state index is 0.00906. The number of aryl methyl sites for hydroxylation is 1. The zero-order chi connectivity index (χ0) is 30.5. The van der Waals surface area contributed by atoms with Crippen molar-refractivity contribution in [3.8, 4) is 11.5 Å². The summed E-state index contributed by atoms with van der Waals surface area (Å²) < 4.78 is 84.1. The van der Waals surface area contributed by atoms with Crippen LogP contribution >= 0.6 is 23.4 Å². The summed E-state index contributed by atoms with van der Waals surface area (Å²) in [5.41, 5.74) is -3.01. The average molecular weight is 626 g/mol. The zero-order valence-electron chi connectivity index (χ0n) is 22.2. The summed E-state index contributed by atoms with van der Waals surface area (Å²) in [6.45, 7) is 2.01. The highest BCUT2D eigenvalue weighted by molar-refractivity contribution is 8.00. The van der Waals surface area contributed by atoms with E-state index in [2.05, 4.69) is 0 Å². The number of hydrogen-bond acceptors (Lipinski definition) is 4. The largest absolute Gasteiger partial charge is 0.457 e. The molecule has 0 aliphatic heterocycles. The van der Waals surface area contributed by atoms with Crippen LogP contribution in [0.3, 0.4) is 0 Å². The highest BCUT2D eigenvalue weighted by Gasteiger charge is 2.31. The molecule has 1 unspecified atom stereocenters. The van der Waals surface area contributed by atoms with Crippen molar-refractivity contribution in [1.29, 1.82) is 0 Å². The number of alkyl halides is 6. The molecular weight excluding hydrogens is 600 g/mol. The van der Waals surface area contributed by atoms with Crippen LogP contribution in [0.5, 0.6) is 11.5 Å². The molecule has 0 spiro atoms. The predicted octanol–water partition coefficient (Wildman–Crippen LogP) is 10.1. The molecule has 222 valence electrons. The number of hydrogen-bond donors (Lipinski definition) is 1. The van der Waals surface area contributed by atoms with Gasteiger partial charge in [0.15, 0.2) is 0 Å². The third-order valence-electron chi connectivity index (χ3n) is 6.34. The van der Waals surface area contributed by atoms with E-state index in [1.54, 1.807) is 47.4 Å². The van der Waals surface area contributed by atoms with Gasteiger partial charge in [-0.3, -0.25) is 0 Å². The molecule has 4 aromatic rings. The molecule has 3 nitrogen and oxygen atoms in total. The van der Waals surface area contributed by atoms with Gasteiger partial charge in [-0.05, 0) is 89.5 Å². The molecule has 11 heteroatoms. The maximum Gasteiger partial charge on any atom is 0.446 e. The smallest absolute Gasteiger partial charge is 0.446 e. The van der Waals surface area contributed by atoms with Crippen LogP contribution in [0.2, 0.25) is 5.02 Å². The van der Waals surface area contributed by atoms with E-state index in [1.165, 1.54) is 30.3 Å².